The molecule has 0 aliphatic carbocycles. The molecule has 0 bridgehead atoms. The average Bonchev–Trinajstić information content (AvgIpc) is 3.37. The van der Waals surface area contributed by atoms with Gasteiger partial charge in [-0.2, -0.15) is 0 Å². The van der Waals surface area contributed by atoms with Gasteiger partial charge in [0.25, 0.3) is 0 Å². The highest BCUT2D eigenvalue weighted by atomic mass is 32.2. The summed E-state index contributed by atoms with van der Waals surface area (Å²) in [6.07, 6.45) is 0.426. The number of ether oxygens (including phenoxy) is 1. The lowest BCUT2D eigenvalue weighted by atomic mass is 10.2. The molecule has 0 spiro atoms. The van der Waals surface area contributed by atoms with Gasteiger partial charge in [0.1, 0.15) is 5.69 Å². The van der Waals surface area contributed by atoms with E-state index in [1.165, 1.54) is 21.8 Å². The van der Waals surface area contributed by atoms with E-state index in [-0.39, 0.29) is 5.91 Å². The number of hydrogen-bond acceptors (Lipinski definition) is 6. The summed E-state index contributed by atoms with van der Waals surface area (Å²) in [7, 11) is 0. The van der Waals surface area contributed by atoms with E-state index >= 15 is 0 Å². The number of aromatic nitrogens is 1. The Hall–Kier alpha value is -2.77. The molecule has 2 aromatic heterocycles. The van der Waals surface area contributed by atoms with E-state index in [2.05, 4.69) is 41.5 Å². The van der Waals surface area contributed by atoms with Gasteiger partial charge in [-0.05, 0) is 38.1 Å². The number of rotatable bonds is 8. The first-order chi connectivity index (χ1) is 14.6. The molecule has 5 nitrogen and oxygen atoms in total. The van der Waals surface area contributed by atoms with Crippen LogP contribution in [0.1, 0.15) is 18.9 Å². The molecule has 1 N–H and O–H groups in total. The number of carbonyl (C=O) groups is 1. The number of furan rings is 1. The van der Waals surface area contributed by atoms with E-state index in [1.54, 1.807) is 11.8 Å². The highest BCUT2D eigenvalue weighted by Gasteiger charge is 2.14. The molecular formula is C23H22N2O3S2. The number of anilines is 1. The zero-order valence-electron chi connectivity index (χ0n) is 16.8. The third-order valence-corrected chi connectivity index (χ3v) is 6.20. The van der Waals surface area contributed by atoms with Crippen LogP contribution in [-0.4, -0.2) is 23.3 Å². The molecule has 0 saturated heterocycles. The maximum atomic E-state index is 12.3. The number of thiazole rings is 1. The number of nitrogens with one attached hydrogen (secondary N) is 1. The fraction of sp³-hybridized carbons (Fsp3) is 0.217. The lowest BCUT2D eigenvalue weighted by Gasteiger charge is -2.03. The van der Waals surface area contributed by atoms with Crippen molar-refractivity contribution in [3.63, 3.8) is 0 Å². The highest BCUT2D eigenvalue weighted by Crippen LogP contribution is 2.34. The predicted molar refractivity (Wildman–Crippen MR) is 124 cm³/mol. The summed E-state index contributed by atoms with van der Waals surface area (Å²) < 4.78 is 11.6. The van der Waals surface area contributed by atoms with E-state index < -0.39 is 0 Å². The van der Waals surface area contributed by atoms with E-state index in [9.17, 15) is 4.79 Å². The van der Waals surface area contributed by atoms with Crippen LogP contribution in [0, 0.1) is 6.92 Å². The quantitative estimate of drug-likeness (QED) is 0.323. The van der Waals surface area contributed by atoms with Gasteiger partial charge in [0.05, 0.1) is 6.61 Å². The van der Waals surface area contributed by atoms with Crippen LogP contribution in [0.4, 0.5) is 5.13 Å². The van der Waals surface area contributed by atoms with E-state index in [1.807, 2.05) is 36.6 Å². The second-order valence-electron chi connectivity index (χ2n) is 6.72. The molecule has 2 aromatic carbocycles. The molecule has 0 aliphatic heterocycles. The maximum absolute atomic E-state index is 12.3. The van der Waals surface area contributed by atoms with Crippen molar-refractivity contribution in [1.29, 1.82) is 0 Å². The Morgan fingerprint density at radius 1 is 1.23 bits per heavy atom. The number of fused-ring (bicyclic) bond motifs is 1. The smallest absolute Gasteiger partial charge is 0.226 e. The molecule has 4 aromatic rings. The molecule has 4 rings (SSSR count). The SMILES string of the molecule is CCOc1cccc2cc(-c3csc(NC(=O)CCSc4ccc(C)cc4)n3)oc12. The van der Waals surface area contributed by atoms with Crippen molar-refractivity contribution in [2.45, 2.75) is 25.2 Å². The first kappa shape index (κ1) is 20.5. The van der Waals surface area contributed by atoms with Gasteiger partial charge in [0.15, 0.2) is 22.2 Å². The zero-order chi connectivity index (χ0) is 20.9. The average molecular weight is 439 g/mol. The third kappa shape index (κ3) is 4.86. The molecule has 154 valence electrons. The zero-order valence-corrected chi connectivity index (χ0v) is 18.4. The Kier molecular flexibility index (Phi) is 6.40. The normalized spacial score (nSPS) is 11.0. The summed E-state index contributed by atoms with van der Waals surface area (Å²) in [4.78, 5) is 17.9. The van der Waals surface area contributed by atoms with Gasteiger partial charge in [-0.1, -0.05) is 29.8 Å². The number of nitrogens with zero attached hydrogens (tertiary/aromatic N) is 1. The van der Waals surface area contributed by atoms with Crippen LogP contribution in [0.25, 0.3) is 22.4 Å². The fourth-order valence-electron chi connectivity index (χ4n) is 2.95. The number of para-hydroxylation sites is 1. The van der Waals surface area contributed by atoms with Gasteiger partial charge in [-0.15, -0.1) is 23.1 Å². The summed E-state index contributed by atoms with van der Waals surface area (Å²) in [6, 6.07) is 16.1. The molecule has 7 heteroatoms. The number of carbonyl (C=O) groups excluding carboxylic acids is 1. The topological polar surface area (TPSA) is 64.4 Å². The first-order valence-corrected chi connectivity index (χ1v) is 11.6. The van der Waals surface area contributed by atoms with E-state index in [4.69, 9.17) is 9.15 Å². The standard InChI is InChI=1S/C23H22N2O3S2/c1-3-27-19-6-4-5-16-13-20(28-22(16)19)18-14-30-23(24-18)25-21(26)11-12-29-17-9-7-15(2)8-10-17/h4-10,13-14H,3,11-12H2,1-2H3,(H,24,25,26). The number of thioether (sulfide) groups is 1. The van der Waals surface area contributed by atoms with Crippen LogP contribution in [0.15, 0.2) is 63.2 Å². The third-order valence-electron chi connectivity index (χ3n) is 4.43. The lowest BCUT2D eigenvalue weighted by molar-refractivity contribution is -0.115. The van der Waals surface area contributed by atoms with Gasteiger partial charge in [0, 0.05) is 27.8 Å². The molecule has 1 amide bonds. The van der Waals surface area contributed by atoms with E-state index in [0.29, 0.717) is 35.2 Å². The van der Waals surface area contributed by atoms with Gasteiger partial charge in [-0.3, -0.25) is 4.79 Å². The van der Waals surface area contributed by atoms with E-state index in [0.717, 1.165) is 16.9 Å². The summed E-state index contributed by atoms with van der Waals surface area (Å²) in [5.41, 5.74) is 2.64. The number of amides is 1. The minimum atomic E-state index is -0.0428. The van der Waals surface area contributed by atoms with Crippen molar-refractivity contribution in [3.05, 3.63) is 59.5 Å². The Morgan fingerprint density at radius 3 is 2.87 bits per heavy atom. The molecule has 0 fully saturated rings. The molecular weight excluding hydrogens is 416 g/mol. The maximum Gasteiger partial charge on any atom is 0.226 e. The monoisotopic (exact) mass is 438 g/mol. The van der Waals surface area contributed by atoms with Crippen LogP contribution in [-0.2, 0) is 4.79 Å². The fourth-order valence-corrected chi connectivity index (χ4v) is 4.52. The Balaban J connectivity index is 1.37. The van der Waals surface area contributed by atoms with Crippen LogP contribution in [0.5, 0.6) is 5.75 Å². The molecule has 0 saturated carbocycles. The van der Waals surface area contributed by atoms with Crippen molar-refractivity contribution in [2.75, 3.05) is 17.7 Å². The molecule has 30 heavy (non-hydrogen) atoms. The minimum absolute atomic E-state index is 0.0428. The largest absolute Gasteiger partial charge is 0.490 e. The first-order valence-electron chi connectivity index (χ1n) is 9.73. The lowest BCUT2D eigenvalue weighted by Crippen LogP contribution is -2.11. The Labute approximate surface area is 183 Å². The predicted octanol–water partition coefficient (Wildman–Crippen LogP) is 6.38. The molecule has 0 atom stereocenters. The molecule has 2 heterocycles. The highest BCUT2D eigenvalue weighted by molar-refractivity contribution is 7.99. The van der Waals surface area contributed by atoms with Gasteiger partial charge in [0.2, 0.25) is 5.91 Å². The van der Waals surface area contributed by atoms with Crippen molar-refractivity contribution >= 4 is 45.1 Å². The van der Waals surface area contributed by atoms with Crippen molar-refractivity contribution < 1.29 is 13.9 Å². The Bertz CT molecular complexity index is 1150. The second-order valence-corrected chi connectivity index (χ2v) is 8.74. The van der Waals surface area contributed by atoms with Crippen LogP contribution in [0.2, 0.25) is 0 Å². The van der Waals surface area contributed by atoms with Crippen molar-refractivity contribution in [2.24, 2.45) is 0 Å². The summed E-state index contributed by atoms with van der Waals surface area (Å²) in [6.45, 7) is 4.58. The van der Waals surface area contributed by atoms with Gasteiger partial charge < -0.3 is 14.5 Å². The summed E-state index contributed by atoms with van der Waals surface area (Å²) >= 11 is 3.06. The van der Waals surface area contributed by atoms with Crippen molar-refractivity contribution in [1.82, 2.24) is 4.98 Å². The number of hydrogen-bond donors (Lipinski definition) is 1. The summed E-state index contributed by atoms with van der Waals surface area (Å²) in [5.74, 6) is 2.05. The molecule has 0 radical (unpaired) electrons. The second kappa shape index (κ2) is 9.36. The molecule has 0 aliphatic rings. The Morgan fingerprint density at radius 2 is 2.07 bits per heavy atom. The summed E-state index contributed by atoms with van der Waals surface area (Å²) in [5, 5.41) is 6.30. The van der Waals surface area contributed by atoms with Crippen molar-refractivity contribution in [3.8, 4) is 17.2 Å². The van der Waals surface area contributed by atoms with Crippen LogP contribution < -0.4 is 10.1 Å². The number of benzene rings is 2. The minimum Gasteiger partial charge on any atom is -0.490 e. The molecule has 0 unspecified atom stereocenters. The van der Waals surface area contributed by atoms with Crippen LogP contribution >= 0.6 is 23.1 Å². The van der Waals surface area contributed by atoms with Gasteiger partial charge in [-0.25, -0.2) is 4.98 Å². The van der Waals surface area contributed by atoms with Gasteiger partial charge >= 0.3 is 0 Å². The number of aryl methyl sites for hydroxylation is 1. The van der Waals surface area contributed by atoms with Crippen LogP contribution in [0.3, 0.4) is 0 Å².